The van der Waals surface area contributed by atoms with Crippen molar-refractivity contribution < 1.29 is 14.3 Å². The van der Waals surface area contributed by atoms with E-state index in [-0.39, 0.29) is 24.1 Å². The van der Waals surface area contributed by atoms with Gasteiger partial charge in [0.25, 0.3) is 5.91 Å². The molecule has 0 radical (unpaired) electrons. The maximum Gasteiger partial charge on any atom is 0.410 e. The van der Waals surface area contributed by atoms with Crippen LogP contribution in [0.15, 0.2) is 47.4 Å². The predicted molar refractivity (Wildman–Crippen MR) is 176 cm³/mol. The van der Waals surface area contributed by atoms with E-state index >= 15 is 0 Å². The topological polar surface area (TPSA) is 123 Å². The summed E-state index contributed by atoms with van der Waals surface area (Å²) in [6.45, 7) is 5.89. The summed E-state index contributed by atoms with van der Waals surface area (Å²) < 4.78 is 7.85. The molecule has 3 aliphatic rings. The van der Waals surface area contributed by atoms with E-state index in [1.807, 2.05) is 35.2 Å². The highest BCUT2D eigenvalue weighted by atomic mass is 35.5. The molecular formula is C33H41ClN8O4. The Hall–Kier alpha value is -3.87. The normalized spacial score (nSPS) is 20.0. The van der Waals surface area contributed by atoms with E-state index in [9.17, 15) is 14.4 Å². The average molecular weight is 649 g/mol. The maximum atomic E-state index is 14.0. The third-order valence-electron chi connectivity index (χ3n) is 10.0. The van der Waals surface area contributed by atoms with Gasteiger partial charge in [-0.3, -0.25) is 19.4 Å². The summed E-state index contributed by atoms with van der Waals surface area (Å²) in [4.78, 5) is 51.7. The Morgan fingerprint density at radius 1 is 0.957 bits per heavy atom. The van der Waals surface area contributed by atoms with Gasteiger partial charge in [-0.25, -0.2) is 9.59 Å². The van der Waals surface area contributed by atoms with Crippen LogP contribution in [0.2, 0.25) is 5.02 Å². The fourth-order valence-corrected chi connectivity index (χ4v) is 7.69. The molecule has 12 nitrogen and oxygen atoms in total. The molecule has 0 spiro atoms. The van der Waals surface area contributed by atoms with Gasteiger partial charge in [-0.1, -0.05) is 23.7 Å². The summed E-state index contributed by atoms with van der Waals surface area (Å²) in [7, 11) is 2.17. The largest absolute Gasteiger partial charge is 0.436 e. The SMILES string of the molecule is CN1CCC(N2CCN(C(=O)C(Cc3cc(Cl)c4[nH]ncc4c3)OC(=O)N3CCC(n4c(=O)[nH]c5ccccc54)CC3)CC2)CC1. The molecule has 1 atom stereocenters. The second-order valence-electron chi connectivity index (χ2n) is 12.9. The van der Waals surface area contributed by atoms with E-state index in [4.69, 9.17) is 16.3 Å². The van der Waals surface area contributed by atoms with Crippen LogP contribution in [0.25, 0.3) is 21.9 Å². The molecule has 0 saturated carbocycles. The summed E-state index contributed by atoms with van der Waals surface area (Å²) in [5.74, 6) is -0.181. The zero-order chi connectivity index (χ0) is 31.8. The number of H-pyrrole nitrogens is 2. The predicted octanol–water partition coefficient (Wildman–Crippen LogP) is 3.48. The van der Waals surface area contributed by atoms with Crippen LogP contribution < -0.4 is 5.69 Å². The van der Waals surface area contributed by atoms with Crippen molar-refractivity contribution in [3.63, 3.8) is 0 Å². The highest BCUT2D eigenvalue weighted by Gasteiger charge is 2.35. The highest BCUT2D eigenvalue weighted by Crippen LogP contribution is 2.28. The van der Waals surface area contributed by atoms with Crippen molar-refractivity contribution in [3.8, 4) is 0 Å². The van der Waals surface area contributed by atoms with Gasteiger partial charge in [0.1, 0.15) is 0 Å². The zero-order valence-corrected chi connectivity index (χ0v) is 26.9. The van der Waals surface area contributed by atoms with E-state index in [0.29, 0.717) is 50.1 Å². The minimum absolute atomic E-state index is 0.0326. The van der Waals surface area contributed by atoms with Crippen LogP contribution in [-0.2, 0) is 16.0 Å². The van der Waals surface area contributed by atoms with Gasteiger partial charge in [-0.15, -0.1) is 0 Å². The highest BCUT2D eigenvalue weighted by molar-refractivity contribution is 6.35. The van der Waals surface area contributed by atoms with Crippen molar-refractivity contribution in [2.75, 3.05) is 59.4 Å². The van der Waals surface area contributed by atoms with E-state index < -0.39 is 12.2 Å². The van der Waals surface area contributed by atoms with Crippen molar-refractivity contribution in [3.05, 3.63) is 63.7 Å². The monoisotopic (exact) mass is 648 g/mol. The molecule has 5 heterocycles. The number of para-hydroxylation sites is 2. The first-order chi connectivity index (χ1) is 22.3. The molecule has 2 aromatic carbocycles. The number of imidazole rings is 1. The lowest BCUT2D eigenvalue weighted by Gasteiger charge is -2.42. The van der Waals surface area contributed by atoms with Crippen molar-refractivity contribution in [2.45, 2.75) is 50.3 Å². The van der Waals surface area contributed by atoms with Crippen molar-refractivity contribution in [1.29, 1.82) is 0 Å². The van der Waals surface area contributed by atoms with Gasteiger partial charge < -0.3 is 24.4 Å². The molecule has 0 bridgehead atoms. The van der Waals surface area contributed by atoms with Gasteiger partial charge in [0.15, 0.2) is 6.10 Å². The Labute approximate surface area is 272 Å². The number of piperidine rings is 2. The first-order valence-electron chi connectivity index (χ1n) is 16.3. The molecule has 3 aliphatic heterocycles. The fraction of sp³-hybridized carbons (Fsp3) is 0.515. The molecule has 2 aromatic heterocycles. The molecule has 4 aromatic rings. The first kappa shape index (κ1) is 30.8. The number of fused-ring (bicyclic) bond motifs is 2. The molecule has 2 amide bonds. The van der Waals surface area contributed by atoms with Crippen LogP contribution in [0.3, 0.4) is 0 Å². The molecule has 0 aliphatic carbocycles. The number of ether oxygens (including phenoxy) is 1. The van der Waals surface area contributed by atoms with E-state index in [2.05, 4.69) is 32.0 Å². The minimum Gasteiger partial charge on any atom is -0.436 e. The average Bonchev–Trinajstić information content (AvgIpc) is 3.68. The van der Waals surface area contributed by atoms with Crippen LogP contribution in [0.1, 0.15) is 37.3 Å². The molecule has 7 rings (SSSR count). The number of aromatic amines is 2. The molecule has 3 fully saturated rings. The number of carbonyl (C=O) groups is 2. The second-order valence-corrected chi connectivity index (χ2v) is 13.3. The second kappa shape index (κ2) is 13.1. The Kier molecular flexibility index (Phi) is 8.76. The Balaban J connectivity index is 1.03. The maximum absolute atomic E-state index is 14.0. The van der Waals surface area contributed by atoms with E-state index in [1.165, 1.54) is 0 Å². The van der Waals surface area contributed by atoms with Crippen LogP contribution >= 0.6 is 11.6 Å². The van der Waals surface area contributed by atoms with E-state index in [0.717, 1.165) is 66.5 Å². The molecule has 13 heteroatoms. The van der Waals surface area contributed by atoms with Gasteiger partial charge >= 0.3 is 11.8 Å². The lowest BCUT2D eigenvalue weighted by Crippen LogP contribution is -2.56. The number of hydrogen-bond donors (Lipinski definition) is 2. The number of benzene rings is 2. The molecular weight excluding hydrogens is 608 g/mol. The summed E-state index contributed by atoms with van der Waals surface area (Å²) in [5.41, 5.74) is 3.05. The quantitative estimate of drug-likeness (QED) is 0.328. The number of likely N-dealkylation sites (tertiary alicyclic amines) is 2. The molecule has 1 unspecified atom stereocenters. The van der Waals surface area contributed by atoms with Gasteiger partial charge in [-0.2, -0.15) is 5.10 Å². The van der Waals surface area contributed by atoms with Crippen LogP contribution in [0.4, 0.5) is 4.79 Å². The number of hydrogen-bond acceptors (Lipinski definition) is 7. The molecule has 46 heavy (non-hydrogen) atoms. The number of aromatic nitrogens is 4. The van der Waals surface area contributed by atoms with E-state index in [1.54, 1.807) is 21.7 Å². The van der Waals surface area contributed by atoms with Crippen molar-refractivity contribution in [2.24, 2.45) is 0 Å². The van der Waals surface area contributed by atoms with Crippen LogP contribution in [-0.4, -0.2) is 123 Å². The summed E-state index contributed by atoms with van der Waals surface area (Å²) in [6, 6.07) is 11.9. The Bertz CT molecular complexity index is 1760. The summed E-state index contributed by atoms with van der Waals surface area (Å²) >= 11 is 6.53. The third-order valence-corrected chi connectivity index (χ3v) is 10.3. The Morgan fingerprint density at radius 2 is 1.67 bits per heavy atom. The zero-order valence-electron chi connectivity index (χ0n) is 26.2. The molecule has 244 valence electrons. The fourth-order valence-electron chi connectivity index (χ4n) is 7.39. The molecule has 3 saturated heterocycles. The van der Waals surface area contributed by atoms with Crippen LogP contribution in [0, 0.1) is 0 Å². The lowest BCUT2D eigenvalue weighted by atomic mass is 10.0. The first-order valence-corrected chi connectivity index (χ1v) is 16.7. The number of rotatable bonds is 6. The summed E-state index contributed by atoms with van der Waals surface area (Å²) in [5, 5.41) is 8.33. The summed E-state index contributed by atoms with van der Waals surface area (Å²) in [6.07, 6.45) is 3.92. The number of carbonyl (C=O) groups excluding carboxylic acids is 2. The number of piperazine rings is 1. The third kappa shape index (κ3) is 6.25. The number of nitrogens with zero attached hydrogens (tertiary/aromatic N) is 6. The Morgan fingerprint density at radius 3 is 2.43 bits per heavy atom. The standard InChI is InChI=1S/C33H41ClN8O4/c1-38-10-6-24(7-11-38)39-14-16-40(17-15-39)31(43)29(20-22-18-23-21-35-37-30(23)26(34)19-22)46-33(45)41-12-8-25(9-13-41)42-28-5-3-2-4-27(28)36-32(42)44/h2-5,18-19,21,24-25,29H,6-17,20H2,1H3,(H,35,37)(H,36,44). The smallest absolute Gasteiger partial charge is 0.410 e. The lowest BCUT2D eigenvalue weighted by molar-refractivity contribution is -0.143. The number of nitrogens with one attached hydrogen (secondary N) is 2. The van der Waals surface area contributed by atoms with Gasteiger partial charge in [0.05, 0.1) is 27.8 Å². The van der Waals surface area contributed by atoms with Crippen molar-refractivity contribution in [1.82, 2.24) is 39.3 Å². The van der Waals surface area contributed by atoms with Crippen molar-refractivity contribution >= 4 is 45.5 Å². The van der Waals surface area contributed by atoms with Gasteiger partial charge in [0, 0.05) is 63.2 Å². The minimum atomic E-state index is -0.989. The number of halogens is 1. The molecule has 2 N–H and O–H groups in total. The van der Waals surface area contributed by atoms with Gasteiger partial charge in [0.2, 0.25) is 0 Å². The van der Waals surface area contributed by atoms with Crippen LogP contribution in [0.5, 0.6) is 0 Å². The van der Waals surface area contributed by atoms with Gasteiger partial charge in [-0.05, 0) is 75.6 Å². The number of amides is 2.